The fraction of sp³-hybridized carbons (Fsp3) is 0.321. The summed E-state index contributed by atoms with van der Waals surface area (Å²) < 4.78 is 13.6. The summed E-state index contributed by atoms with van der Waals surface area (Å²) >= 11 is 0. The number of fused-ring (bicyclic) bond motifs is 3. The van der Waals surface area contributed by atoms with E-state index in [0.29, 0.717) is 16.7 Å². The Bertz CT molecular complexity index is 1510. The smallest absolute Gasteiger partial charge is 0.255 e. The maximum Gasteiger partial charge on any atom is 0.255 e. The molecule has 1 saturated carbocycles. The number of rotatable bonds is 3. The van der Waals surface area contributed by atoms with Crippen LogP contribution in [0.1, 0.15) is 24.0 Å². The first-order chi connectivity index (χ1) is 18.2. The molecule has 0 unspecified atom stereocenters. The molecular formula is C28H27FN2O8. The first kappa shape index (κ1) is 26.5. The van der Waals surface area contributed by atoms with E-state index in [-0.39, 0.29) is 5.56 Å². The molecule has 3 aliphatic rings. The molecule has 0 aliphatic heterocycles. The van der Waals surface area contributed by atoms with Crippen LogP contribution in [0.5, 0.6) is 5.75 Å². The molecule has 1 amide bonds. The highest BCUT2D eigenvalue weighted by molar-refractivity contribution is 6.24. The summed E-state index contributed by atoms with van der Waals surface area (Å²) in [6, 6.07) is 6.89. The molecule has 0 aromatic heterocycles. The monoisotopic (exact) mass is 538 g/mol. The van der Waals surface area contributed by atoms with Crippen molar-refractivity contribution in [3.8, 4) is 16.9 Å². The number of hydrogen-bond acceptors (Lipinski definition) is 9. The number of benzene rings is 2. The minimum absolute atomic E-state index is 0.132. The van der Waals surface area contributed by atoms with Gasteiger partial charge in [0.15, 0.2) is 11.4 Å². The van der Waals surface area contributed by atoms with Crippen LogP contribution in [0.4, 0.5) is 4.39 Å². The zero-order chi connectivity index (χ0) is 28.7. The van der Waals surface area contributed by atoms with Gasteiger partial charge in [-0.3, -0.25) is 19.3 Å². The zero-order valence-corrected chi connectivity index (χ0v) is 21.2. The van der Waals surface area contributed by atoms with Gasteiger partial charge in [-0.1, -0.05) is 25.1 Å². The molecule has 0 spiro atoms. The summed E-state index contributed by atoms with van der Waals surface area (Å²) in [5.41, 5.74) is 2.14. The van der Waals surface area contributed by atoms with Gasteiger partial charge in [0.1, 0.15) is 28.7 Å². The van der Waals surface area contributed by atoms with E-state index in [9.17, 15) is 44.3 Å². The Morgan fingerprint density at radius 2 is 1.67 bits per heavy atom. The van der Waals surface area contributed by atoms with Crippen molar-refractivity contribution in [2.24, 2.45) is 17.6 Å². The van der Waals surface area contributed by atoms with Gasteiger partial charge < -0.3 is 31.3 Å². The molecule has 2 aromatic rings. The number of amides is 1. The quantitative estimate of drug-likeness (QED) is 0.314. The van der Waals surface area contributed by atoms with E-state index in [2.05, 4.69) is 0 Å². The number of likely N-dealkylation sites (N-methyl/N-ethyl adjacent to an activating group) is 1. The molecule has 0 bridgehead atoms. The van der Waals surface area contributed by atoms with Crippen molar-refractivity contribution >= 4 is 23.2 Å². The van der Waals surface area contributed by atoms with Crippen molar-refractivity contribution in [3.05, 3.63) is 70.2 Å². The summed E-state index contributed by atoms with van der Waals surface area (Å²) in [5.74, 6) is -10.1. The van der Waals surface area contributed by atoms with Crippen LogP contribution in [0, 0.1) is 17.7 Å². The van der Waals surface area contributed by atoms with Gasteiger partial charge in [0, 0.05) is 11.5 Å². The lowest BCUT2D eigenvalue weighted by atomic mass is 9.54. The Labute approximate surface area is 222 Å². The second-order valence-electron chi connectivity index (χ2n) is 10.5. The molecule has 0 radical (unpaired) electrons. The van der Waals surface area contributed by atoms with Gasteiger partial charge in [0.05, 0.1) is 23.6 Å². The molecule has 1 fully saturated rings. The molecule has 39 heavy (non-hydrogen) atoms. The molecule has 11 heteroatoms. The number of halogens is 1. The van der Waals surface area contributed by atoms with Gasteiger partial charge >= 0.3 is 0 Å². The molecule has 2 aromatic carbocycles. The van der Waals surface area contributed by atoms with E-state index in [0.717, 1.165) is 0 Å². The lowest BCUT2D eigenvalue weighted by Gasteiger charge is -2.53. The van der Waals surface area contributed by atoms with Crippen molar-refractivity contribution in [2.75, 3.05) is 14.1 Å². The van der Waals surface area contributed by atoms with E-state index in [1.165, 1.54) is 49.3 Å². The fourth-order valence-corrected chi connectivity index (χ4v) is 6.58. The first-order valence-corrected chi connectivity index (χ1v) is 12.2. The number of carbonyl (C=O) groups excluding carboxylic acids is 3. The van der Waals surface area contributed by atoms with Gasteiger partial charge in [-0.2, -0.15) is 0 Å². The number of aliphatic hydroxyl groups is 4. The lowest BCUT2D eigenvalue weighted by Crippen LogP contribution is -2.70. The summed E-state index contributed by atoms with van der Waals surface area (Å²) in [4.78, 5) is 40.7. The van der Waals surface area contributed by atoms with Crippen molar-refractivity contribution in [2.45, 2.75) is 30.6 Å². The SMILES string of the molecule is C[C@@H]1c2c(-c3ccc(F)cc3)ccc(O)c2C(O)=C2C(=O)[C@]3(O)C(O)=C(C(N)=O)C(=O)[C@H](N(C)C)[C@@H]3[C@@H](O)[C@H]21. The predicted octanol–water partition coefficient (Wildman–Crippen LogP) is 1.30. The zero-order valence-electron chi connectivity index (χ0n) is 21.2. The molecule has 0 saturated heterocycles. The van der Waals surface area contributed by atoms with Crippen molar-refractivity contribution < 1.29 is 44.3 Å². The van der Waals surface area contributed by atoms with Gasteiger partial charge in [0.2, 0.25) is 5.78 Å². The largest absolute Gasteiger partial charge is 0.508 e. The summed E-state index contributed by atoms with van der Waals surface area (Å²) in [6.07, 6.45) is -1.70. The van der Waals surface area contributed by atoms with Crippen LogP contribution in [0.3, 0.4) is 0 Å². The Morgan fingerprint density at radius 3 is 2.23 bits per heavy atom. The number of ketones is 2. The van der Waals surface area contributed by atoms with Crippen LogP contribution in [0.25, 0.3) is 16.9 Å². The maximum absolute atomic E-state index is 14.0. The molecule has 6 atom stereocenters. The molecule has 7 N–H and O–H groups in total. The van der Waals surface area contributed by atoms with Gasteiger partial charge in [-0.05, 0) is 54.9 Å². The van der Waals surface area contributed by atoms with Crippen LogP contribution >= 0.6 is 0 Å². The average Bonchev–Trinajstić information content (AvgIpc) is 2.86. The van der Waals surface area contributed by atoms with Crippen LogP contribution in [-0.2, 0) is 14.4 Å². The molecular weight excluding hydrogens is 511 g/mol. The number of Topliss-reactive ketones (excluding diaryl/α,β-unsaturated/α-hetero) is 2. The second kappa shape index (κ2) is 8.73. The van der Waals surface area contributed by atoms with E-state index in [1.807, 2.05) is 0 Å². The minimum atomic E-state index is -2.98. The number of phenolic OH excluding ortho intramolecular Hbond substituents is 1. The Hall–Kier alpha value is -4.06. The highest BCUT2D eigenvalue weighted by atomic mass is 19.1. The van der Waals surface area contributed by atoms with E-state index in [4.69, 9.17) is 5.73 Å². The third kappa shape index (κ3) is 3.40. The van der Waals surface area contributed by atoms with Crippen molar-refractivity contribution in [1.29, 1.82) is 0 Å². The summed E-state index contributed by atoms with van der Waals surface area (Å²) in [5, 5.41) is 56.6. The second-order valence-corrected chi connectivity index (χ2v) is 10.5. The van der Waals surface area contributed by atoms with E-state index in [1.54, 1.807) is 13.0 Å². The maximum atomic E-state index is 14.0. The number of carbonyl (C=O) groups is 3. The van der Waals surface area contributed by atoms with Crippen molar-refractivity contribution in [1.82, 2.24) is 4.90 Å². The number of aromatic hydroxyl groups is 1. The number of nitrogens with two attached hydrogens (primary N) is 1. The average molecular weight is 539 g/mol. The van der Waals surface area contributed by atoms with Gasteiger partial charge in [0.25, 0.3) is 5.91 Å². The number of aliphatic hydroxyl groups excluding tert-OH is 3. The molecule has 0 heterocycles. The van der Waals surface area contributed by atoms with Crippen LogP contribution in [0.15, 0.2) is 53.3 Å². The number of nitrogens with zero attached hydrogens (tertiary/aromatic N) is 1. The third-order valence-corrected chi connectivity index (χ3v) is 8.26. The molecule has 5 rings (SSSR count). The predicted molar refractivity (Wildman–Crippen MR) is 136 cm³/mol. The Balaban J connectivity index is 1.82. The fourth-order valence-electron chi connectivity index (χ4n) is 6.58. The van der Waals surface area contributed by atoms with Crippen molar-refractivity contribution in [3.63, 3.8) is 0 Å². The first-order valence-electron chi connectivity index (χ1n) is 12.2. The van der Waals surface area contributed by atoms with E-state index < -0.39 is 87.2 Å². The summed E-state index contributed by atoms with van der Waals surface area (Å²) in [7, 11) is 2.88. The standard InChI is InChI=1S/C28H27FN2O8/c1-10-15-13(11-4-6-12(29)7-5-11)8-9-14(32)17(15)22(33)18-16(10)23(34)20-21(31(2)3)24(35)19(27(30)38)26(37)28(20,39)25(18)36/h4-10,16,20-21,23,32-34,37,39H,1-3H3,(H2,30,38)/t10-,16+,20-,21-,23+,28+/m1/s1. The van der Waals surface area contributed by atoms with Crippen LogP contribution < -0.4 is 5.73 Å². The highest BCUT2D eigenvalue weighted by Crippen LogP contribution is 2.57. The molecule has 3 aliphatic carbocycles. The van der Waals surface area contributed by atoms with E-state index >= 15 is 0 Å². The minimum Gasteiger partial charge on any atom is -0.508 e. The lowest BCUT2D eigenvalue weighted by molar-refractivity contribution is -0.169. The number of hydrogen-bond donors (Lipinski definition) is 6. The Morgan fingerprint density at radius 1 is 1.05 bits per heavy atom. The van der Waals surface area contributed by atoms with Crippen LogP contribution in [0.2, 0.25) is 0 Å². The normalized spacial score (nSPS) is 30.3. The molecule has 204 valence electrons. The third-order valence-electron chi connectivity index (χ3n) is 8.26. The van der Waals surface area contributed by atoms with Gasteiger partial charge in [-0.15, -0.1) is 0 Å². The summed E-state index contributed by atoms with van der Waals surface area (Å²) in [6.45, 7) is 1.64. The molecule has 10 nitrogen and oxygen atoms in total. The topological polar surface area (TPSA) is 182 Å². The number of primary amides is 1. The highest BCUT2D eigenvalue weighted by Gasteiger charge is 2.68. The van der Waals surface area contributed by atoms with Crippen LogP contribution in [-0.4, -0.2) is 79.7 Å². The number of phenols is 1. The van der Waals surface area contributed by atoms with Gasteiger partial charge in [-0.25, -0.2) is 4.39 Å². The Kier molecular flexibility index (Phi) is 5.94.